The molecule has 10 fully saturated rings. The Labute approximate surface area is 246 Å². The summed E-state index contributed by atoms with van der Waals surface area (Å²) in [5, 5.41) is 6.00. The highest BCUT2D eigenvalue weighted by Crippen LogP contribution is 2.92. The van der Waals surface area contributed by atoms with Crippen molar-refractivity contribution in [1.82, 2.24) is 9.96 Å². The smallest absolute Gasteiger partial charge is 0.371 e. The number of nitrogens with zero attached hydrogens (tertiary/aromatic N) is 2. The van der Waals surface area contributed by atoms with Gasteiger partial charge in [0.25, 0.3) is 5.91 Å². The molecule has 10 aliphatic rings. The molecule has 1 N–H and O–H groups in total. The van der Waals surface area contributed by atoms with Gasteiger partial charge in [0.15, 0.2) is 6.23 Å². The van der Waals surface area contributed by atoms with Crippen molar-refractivity contribution >= 4 is 21.9 Å². The molecule has 5 unspecified atom stereocenters. The second-order valence-corrected chi connectivity index (χ2v) is 18.0. The normalized spacial score (nSPS) is 51.0. The van der Waals surface area contributed by atoms with Crippen molar-refractivity contribution in [1.29, 1.82) is 0 Å². The Kier molecular flexibility index (Phi) is 5.32. The number of alkyl halides is 2. The standard InChI is InChI=1S/C31H42F2N2O6S/c32-31(33,42(39,40)41-35-25(36)23-3-1-2-4-24(23)26(35)37)27(38)34(15-28-10-17-5-18(11-28)7-19(6-17)12-28)16-29-13-21-8-20-9-22(14-29)30(20,21)29/h17-25,36H,1-16H2. The van der Waals surface area contributed by atoms with E-state index in [0.717, 1.165) is 44.9 Å². The van der Waals surface area contributed by atoms with E-state index in [4.69, 9.17) is 4.28 Å². The zero-order valence-electron chi connectivity index (χ0n) is 24.1. The molecule has 10 rings (SSSR count). The zero-order valence-corrected chi connectivity index (χ0v) is 24.9. The Morgan fingerprint density at radius 2 is 1.52 bits per heavy atom. The van der Waals surface area contributed by atoms with Crippen LogP contribution in [0.5, 0.6) is 0 Å². The van der Waals surface area contributed by atoms with Crippen LogP contribution < -0.4 is 0 Å². The lowest BCUT2D eigenvalue weighted by molar-refractivity contribution is -0.433. The molecule has 1 saturated heterocycles. The molecule has 1 aliphatic heterocycles. The molecule has 2 amide bonds. The summed E-state index contributed by atoms with van der Waals surface area (Å²) in [4.78, 5) is 28.1. The summed E-state index contributed by atoms with van der Waals surface area (Å²) >= 11 is 0. The molecule has 0 radical (unpaired) electrons. The van der Waals surface area contributed by atoms with Crippen LogP contribution in [0.4, 0.5) is 8.78 Å². The molecule has 9 aliphatic carbocycles. The Balaban J connectivity index is 1.00. The lowest BCUT2D eigenvalue weighted by atomic mass is 9.13. The fourth-order valence-corrected chi connectivity index (χ4v) is 14.5. The van der Waals surface area contributed by atoms with Crippen LogP contribution in [0.15, 0.2) is 0 Å². The van der Waals surface area contributed by atoms with Gasteiger partial charge >= 0.3 is 21.3 Å². The lowest BCUT2D eigenvalue weighted by Crippen LogP contribution is -2.87. The Morgan fingerprint density at radius 3 is 2.07 bits per heavy atom. The number of hydrogen-bond acceptors (Lipinski definition) is 6. The van der Waals surface area contributed by atoms with E-state index in [1.807, 2.05) is 0 Å². The number of fused-ring (bicyclic) bond motifs is 1. The fraction of sp³-hybridized carbons (Fsp3) is 0.935. The molecule has 9 saturated carbocycles. The number of carbonyl (C=O) groups is 2. The number of aliphatic hydroxyl groups excluding tert-OH is 1. The molecule has 4 bridgehead atoms. The molecule has 1 spiro atoms. The summed E-state index contributed by atoms with van der Waals surface area (Å²) in [6.07, 6.45) is 11.4. The number of amides is 2. The largest absolute Gasteiger partial charge is 0.449 e. The van der Waals surface area contributed by atoms with Gasteiger partial charge in [-0.25, -0.2) is 0 Å². The van der Waals surface area contributed by atoms with Crippen LogP contribution in [0.3, 0.4) is 0 Å². The molecule has 1 heterocycles. The lowest BCUT2D eigenvalue weighted by Gasteiger charge is -2.91. The van der Waals surface area contributed by atoms with Crippen LogP contribution in [0, 0.1) is 63.6 Å². The van der Waals surface area contributed by atoms with Gasteiger partial charge in [-0.1, -0.05) is 12.8 Å². The van der Waals surface area contributed by atoms with Crippen molar-refractivity contribution < 1.29 is 36.2 Å². The van der Waals surface area contributed by atoms with Gasteiger partial charge in [-0.2, -0.15) is 22.3 Å². The molecule has 11 heteroatoms. The van der Waals surface area contributed by atoms with Crippen LogP contribution in [0.25, 0.3) is 0 Å². The Bertz CT molecular complexity index is 1290. The van der Waals surface area contributed by atoms with Crippen molar-refractivity contribution in [3.63, 3.8) is 0 Å². The summed E-state index contributed by atoms with van der Waals surface area (Å²) < 4.78 is 63.2. The number of halogens is 2. The predicted octanol–water partition coefficient (Wildman–Crippen LogP) is 4.29. The minimum Gasteiger partial charge on any atom is -0.371 e. The van der Waals surface area contributed by atoms with Gasteiger partial charge in [-0.15, -0.1) is 4.28 Å². The van der Waals surface area contributed by atoms with E-state index in [9.17, 15) is 23.1 Å². The van der Waals surface area contributed by atoms with Gasteiger partial charge in [0, 0.05) is 24.9 Å². The number of carbonyl (C=O) groups excluding carboxylic acids is 2. The summed E-state index contributed by atoms with van der Waals surface area (Å²) in [5.74, 6) is -0.162. The first-order chi connectivity index (χ1) is 19.9. The van der Waals surface area contributed by atoms with E-state index in [1.165, 1.54) is 37.0 Å². The molecule has 0 aromatic rings. The van der Waals surface area contributed by atoms with Gasteiger partial charge in [0.05, 0.1) is 0 Å². The van der Waals surface area contributed by atoms with Crippen molar-refractivity contribution in [2.24, 2.45) is 63.6 Å². The summed E-state index contributed by atoms with van der Waals surface area (Å²) in [6.45, 7) is 0.366. The maximum absolute atomic E-state index is 16.0. The first-order valence-electron chi connectivity index (χ1n) is 16.5. The maximum Gasteiger partial charge on any atom is 0.449 e. The third kappa shape index (κ3) is 3.17. The summed E-state index contributed by atoms with van der Waals surface area (Å²) in [5.41, 5.74) is -0.208. The highest BCUT2D eigenvalue weighted by molar-refractivity contribution is 7.88. The van der Waals surface area contributed by atoms with Gasteiger partial charge in [0.1, 0.15) is 0 Å². The number of aliphatic hydroxyl groups is 1. The summed E-state index contributed by atoms with van der Waals surface area (Å²) in [6, 6.07) is 0. The van der Waals surface area contributed by atoms with Gasteiger partial charge in [-0.3, -0.25) is 9.59 Å². The van der Waals surface area contributed by atoms with Crippen molar-refractivity contribution in [3.8, 4) is 0 Å². The van der Waals surface area contributed by atoms with E-state index < -0.39 is 45.3 Å². The van der Waals surface area contributed by atoms with Crippen LogP contribution in [-0.2, 0) is 24.0 Å². The number of hydroxylamine groups is 2. The average molecular weight is 609 g/mol. The van der Waals surface area contributed by atoms with E-state index in [-0.39, 0.29) is 34.4 Å². The van der Waals surface area contributed by atoms with E-state index in [1.54, 1.807) is 0 Å². The number of rotatable bonds is 8. The SMILES string of the molecule is O=C1C2CCCCC2C(O)N1OS(=O)(=O)C(F)(F)C(=O)N(CC12CC3CC(CC(C3)C1)C2)CC12CC3CC4CC(C1)C432. The van der Waals surface area contributed by atoms with E-state index in [2.05, 4.69) is 0 Å². The van der Waals surface area contributed by atoms with Gasteiger partial charge < -0.3 is 10.0 Å². The third-order valence-corrected chi connectivity index (χ3v) is 15.7. The van der Waals surface area contributed by atoms with Crippen LogP contribution >= 0.6 is 0 Å². The topological polar surface area (TPSA) is 104 Å². The Morgan fingerprint density at radius 1 is 0.929 bits per heavy atom. The summed E-state index contributed by atoms with van der Waals surface area (Å²) in [7, 11) is -5.90. The highest BCUT2D eigenvalue weighted by Gasteiger charge is 2.87. The van der Waals surface area contributed by atoms with Crippen LogP contribution in [0.1, 0.15) is 89.9 Å². The van der Waals surface area contributed by atoms with Crippen LogP contribution in [-0.4, -0.2) is 59.9 Å². The minimum atomic E-state index is -5.90. The zero-order chi connectivity index (χ0) is 29.0. The second-order valence-electron chi connectivity index (χ2n) is 16.4. The minimum absolute atomic E-state index is 0.168. The van der Waals surface area contributed by atoms with Crippen molar-refractivity contribution in [2.45, 2.75) is 101 Å². The van der Waals surface area contributed by atoms with Gasteiger partial charge in [0.2, 0.25) is 0 Å². The monoisotopic (exact) mass is 608 g/mol. The molecular formula is C31H42F2N2O6S. The second kappa shape index (κ2) is 8.27. The maximum atomic E-state index is 16.0. The molecule has 8 nitrogen and oxygen atoms in total. The molecule has 42 heavy (non-hydrogen) atoms. The van der Waals surface area contributed by atoms with Crippen molar-refractivity contribution in [3.05, 3.63) is 0 Å². The first kappa shape index (κ1) is 27.0. The number of hydrogen-bond donors (Lipinski definition) is 1. The molecular weight excluding hydrogens is 566 g/mol. The molecule has 0 aromatic carbocycles. The molecule has 232 valence electrons. The highest BCUT2D eigenvalue weighted by atomic mass is 32.2. The van der Waals surface area contributed by atoms with E-state index in [0.29, 0.717) is 48.3 Å². The quantitative estimate of drug-likeness (QED) is 0.441. The van der Waals surface area contributed by atoms with Crippen LogP contribution in [0.2, 0.25) is 0 Å². The van der Waals surface area contributed by atoms with Gasteiger partial charge in [-0.05, 0) is 129 Å². The van der Waals surface area contributed by atoms with Crippen molar-refractivity contribution in [2.75, 3.05) is 13.1 Å². The predicted molar refractivity (Wildman–Crippen MR) is 144 cm³/mol. The third-order valence-electron chi connectivity index (χ3n) is 14.5. The fourth-order valence-electron chi connectivity index (χ4n) is 13.7. The first-order valence-corrected chi connectivity index (χ1v) is 17.9. The Hall–Kier alpha value is -1.33. The molecule has 5 atom stereocenters. The van der Waals surface area contributed by atoms with E-state index >= 15 is 8.78 Å². The average Bonchev–Trinajstić information content (AvgIpc) is 3.11. The molecule has 0 aromatic heterocycles.